The lowest BCUT2D eigenvalue weighted by atomic mass is 9.80. The van der Waals surface area contributed by atoms with Gasteiger partial charge in [-0.05, 0) is 31.9 Å². The molecule has 1 aliphatic heterocycles. The second kappa shape index (κ2) is 11.6. The number of hydrogen-bond donors (Lipinski definition) is 1. The van der Waals surface area contributed by atoms with E-state index < -0.39 is 17.9 Å². The molecule has 0 bridgehead atoms. The van der Waals surface area contributed by atoms with Crippen molar-refractivity contribution in [2.75, 3.05) is 33.5 Å². The zero-order chi connectivity index (χ0) is 23.0. The van der Waals surface area contributed by atoms with Crippen LogP contribution in [0.1, 0.15) is 19.4 Å². The van der Waals surface area contributed by atoms with Crippen LogP contribution in [0.25, 0.3) is 0 Å². The minimum absolute atomic E-state index is 0.0874. The molecule has 1 aliphatic rings. The lowest BCUT2D eigenvalue weighted by Crippen LogP contribution is -2.37. The summed E-state index contributed by atoms with van der Waals surface area (Å²) in [6.45, 7) is 3.64. The molecular formula is C21H26ClN3O6. The Morgan fingerprint density at radius 2 is 1.94 bits per heavy atom. The average Bonchev–Trinajstić information content (AvgIpc) is 2.75. The molecule has 168 valence electrons. The van der Waals surface area contributed by atoms with E-state index in [0.29, 0.717) is 10.6 Å². The lowest BCUT2D eigenvalue weighted by molar-refractivity contribution is -0.139. The molecule has 2 rings (SSSR count). The summed E-state index contributed by atoms with van der Waals surface area (Å²) in [6.07, 6.45) is 0.197. The summed E-state index contributed by atoms with van der Waals surface area (Å²) >= 11 is 6.34. The molecule has 0 radical (unpaired) electrons. The minimum Gasteiger partial charge on any atom is -0.466 e. The molecule has 0 amide bonds. The number of halogens is 1. The highest BCUT2D eigenvalue weighted by molar-refractivity contribution is 6.31. The Hall–Kier alpha value is -2.75. The topological polar surface area (TPSA) is 121 Å². The van der Waals surface area contributed by atoms with Crippen LogP contribution in [-0.4, -0.2) is 50.4 Å². The van der Waals surface area contributed by atoms with Gasteiger partial charge < -0.3 is 19.9 Å². The van der Waals surface area contributed by atoms with Crippen LogP contribution in [-0.2, 0) is 30.2 Å². The Balaban J connectivity index is 2.71. The van der Waals surface area contributed by atoms with Gasteiger partial charge in [0.15, 0.2) is 0 Å². The van der Waals surface area contributed by atoms with Crippen molar-refractivity contribution in [2.24, 2.45) is 16.9 Å². The van der Waals surface area contributed by atoms with Crippen LogP contribution in [0.15, 0.2) is 52.1 Å². The fourth-order valence-electron chi connectivity index (χ4n) is 3.49. The summed E-state index contributed by atoms with van der Waals surface area (Å²) in [5, 5.41) is 4.47. The number of carbonyl (C=O) groups excluding carboxylic acids is 2. The number of methoxy groups -OCH3 is 1. The molecule has 2 N–H and O–H groups in total. The number of ether oxygens (including phenoxy) is 3. The third-order valence-corrected chi connectivity index (χ3v) is 5.20. The summed E-state index contributed by atoms with van der Waals surface area (Å²) in [4.78, 5) is 37.4. The third kappa shape index (κ3) is 5.49. The highest BCUT2D eigenvalue weighted by atomic mass is 35.5. The summed E-state index contributed by atoms with van der Waals surface area (Å²) in [6, 6.07) is 7.09. The third-order valence-electron chi connectivity index (χ3n) is 4.84. The highest BCUT2D eigenvalue weighted by Crippen LogP contribution is 2.39. The zero-order valence-corrected chi connectivity index (χ0v) is 18.5. The Morgan fingerprint density at radius 3 is 2.52 bits per heavy atom. The first kappa shape index (κ1) is 24.5. The second-order valence-corrected chi connectivity index (χ2v) is 7.06. The van der Waals surface area contributed by atoms with Gasteiger partial charge in [0, 0.05) is 17.5 Å². The Labute approximate surface area is 185 Å². The Kier molecular flexibility index (Phi) is 9.17. The van der Waals surface area contributed by atoms with Crippen molar-refractivity contribution < 1.29 is 23.8 Å². The van der Waals surface area contributed by atoms with E-state index in [-0.39, 0.29) is 55.3 Å². The maximum absolute atomic E-state index is 13.0. The molecule has 1 atom stereocenters. The number of nitroso groups, excluding NO2 is 1. The summed E-state index contributed by atoms with van der Waals surface area (Å²) < 4.78 is 15.7. The number of esters is 2. The second-order valence-electron chi connectivity index (χ2n) is 6.65. The smallest absolute Gasteiger partial charge is 0.336 e. The van der Waals surface area contributed by atoms with Gasteiger partial charge in [-0.3, -0.25) is 0 Å². The molecule has 0 saturated heterocycles. The standard InChI is InChI=1S/C21H26ClN3O6/c1-4-31-21(27)19-15(11-14-7-5-6-8-16(14)22)18(20(26)29-3)13(2)25(24-28)17(19)12-30-10-9-23/h5-8,15H,4,9-12,23H2,1-3H3. The molecule has 9 nitrogen and oxygen atoms in total. The quantitative estimate of drug-likeness (QED) is 0.327. The molecular weight excluding hydrogens is 426 g/mol. The Bertz CT molecular complexity index is 899. The number of nitrogens with zero attached hydrogens (tertiary/aromatic N) is 2. The molecule has 1 aromatic rings. The largest absolute Gasteiger partial charge is 0.466 e. The minimum atomic E-state index is -0.791. The van der Waals surface area contributed by atoms with Gasteiger partial charge in [0.1, 0.15) is 0 Å². The summed E-state index contributed by atoms with van der Waals surface area (Å²) in [5.41, 5.74) is 6.82. The normalized spacial score (nSPS) is 16.4. The van der Waals surface area contributed by atoms with Crippen molar-refractivity contribution in [3.05, 3.63) is 62.3 Å². The van der Waals surface area contributed by atoms with Gasteiger partial charge in [0.25, 0.3) is 0 Å². The molecule has 1 aromatic carbocycles. The van der Waals surface area contributed by atoms with Gasteiger partial charge in [0.2, 0.25) is 0 Å². The molecule has 10 heteroatoms. The van der Waals surface area contributed by atoms with Crippen LogP contribution >= 0.6 is 11.6 Å². The molecule has 0 saturated carbocycles. The van der Waals surface area contributed by atoms with Gasteiger partial charge in [0.05, 0.1) is 54.8 Å². The monoisotopic (exact) mass is 451 g/mol. The maximum atomic E-state index is 13.0. The molecule has 0 aromatic heterocycles. The summed E-state index contributed by atoms with van der Waals surface area (Å²) in [7, 11) is 1.22. The van der Waals surface area contributed by atoms with Crippen molar-refractivity contribution in [1.29, 1.82) is 0 Å². The van der Waals surface area contributed by atoms with Gasteiger partial charge >= 0.3 is 11.9 Å². The fourth-order valence-corrected chi connectivity index (χ4v) is 3.70. The first-order chi connectivity index (χ1) is 14.9. The van der Waals surface area contributed by atoms with Crippen molar-refractivity contribution in [3.8, 4) is 0 Å². The lowest BCUT2D eigenvalue weighted by Gasteiger charge is -2.34. The van der Waals surface area contributed by atoms with Gasteiger partial charge in [-0.15, -0.1) is 4.91 Å². The van der Waals surface area contributed by atoms with Crippen molar-refractivity contribution >= 4 is 23.5 Å². The van der Waals surface area contributed by atoms with Crippen LogP contribution < -0.4 is 5.73 Å². The summed E-state index contributed by atoms with van der Waals surface area (Å²) in [5.74, 6) is -2.17. The number of nitrogens with two attached hydrogens (primary N) is 1. The van der Waals surface area contributed by atoms with Crippen LogP contribution in [0, 0.1) is 10.8 Å². The van der Waals surface area contributed by atoms with Gasteiger partial charge in [-0.1, -0.05) is 29.8 Å². The van der Waals surface area contributed by atoms with E-state index in [1.54, 1.807) is 38.1 Å². The SMILES string of the molecule is CCOC(=O)C1=C(COCCN)N(N=O)C(C)=C(C(=O)OC)C1Cc1ccccc1Cl. The van der Waals surface area contributed by atoms with Crippen molar-refractivity contribution in [2.45, 2.75) is 20.3 Å². The van der Waals surface area contributed by atoms with Crippen LogP contribution in [0.4, 0.5) is 0 Å². The fraction of sp³-hybridized carbons (Fsp3) is 0.429. The van der Waals surface area contributed by atoms with Crippen molar-refractivity contribution in [3.63, 3.8) is 0 Å². The molecule has 0 spiro atoms. The molecule has 1 unspecified atom stereocenters. The zero-order valence-electron chi connectivity index (χ0n) is 17.7. The highest BCUT2D eigenvalue weighted by Gasteiger charge is 2.41. The van der Waals surface area contributed by atoms with Crippen LogP contribution in [0.2, 0.25) is 5.02 Å². The van der Waals surface area contributed by atoms with E-state index in [1.165, 1.54) is 7.11 Å². The van der Waals surface area contributed by atoms with Crippen LogP contribution in [0.3, 0.4) is 0 Å². The van der Waals surface area contributed by atoms with Crippen molar-refractivity contribution in [1.82, 2.24) is 5.01 Å². The van der Waals surface area contributed by atoms with Crippen LogP contribution in [0.5, 0.6) is 0 Å². The van der Waals surface area contributed by atoms with E-state index in [1.807, 2.05) is 0 Å². The molecule has 1 heterocycles. The number of benzene rings is 1. The first-order valence-corrected chi connectivity index (χ1v) is 10.1. The maximum Gasteiger partial charge on any atom is 0.336 e. The predicted octanol–water partition coefficient (Wildman–Crippen LogP) is 2.74. The van der Waals surface area contributed by atoms with Gasteiger partial charge in [-0.25, -0.2) is 14.6 Å². The van der Waals surface area contributed by atoms with E-state index in [9.17, 15) is 14.5 Å². The average molecular weight is 452 g/mol. The van der Waals surface area contributed by atoms with Gasteiger partial charge in [-0.2, -0.15) is 0 Å². The molecule has 0 aliphatic carbocycles. The number of hydrogen-bond acceptors (Lipinski definition) is 8. The number of allylic oxidation sites excluding steroid dienone is 1. The van der Waals surface area contributed by atoms with E-state index in [2.05, 4.69) is 5.29 Å². The van der Waals surface area contributed by atoms with E-state index in [0.717, 1.165) is 5.01 Å². The van der Waals surface area contributed by atoms with E-state index in [4.69, 9.17) is 31.5 Å². The Morgan fingerprint density at radius 1 is 1.23 bits per heavy atom. The number of rotatable bonds is 10. The number of carbonyl (C=O) groups is 2. The molecule has 0 fully saturated rings. The predicted molar refractivity (Wildman–Crippen MR) is 115 cm³/mol. The first-order valence-electron chi connectivity index (χ1n) is 9.74. The molecule has 31 heavy (non-hydrogen) atoms. The van der Waals surface area contributed by atoms with E-state index >= 15 is 0 Å².